The van der Waals surface area contributed by atoms with Crippen molar-refractivity contribution in [3.63, 3.8) is 0 Å². The fraction of sp³-hybridized carbons (Fsp3) is 0.0870. The largest absolute Gasteiger partial charge is 0.372 e. The van der Waals surface area contributed by atoms with Crippen LogP contribution in [0.25, 0.3) is 21.5 Å². The summed E-state index contributed by atoms with van der Waals surface area (Å²) in [5.41, 5.74) is 3.01. The maximum atomic E-state index is 12.6. The van der Waals surface area contributed by atoms with Gasteiger partial charge in [-0.05, 0) is 39.2 Å². The molecule has 26 heavy (non-hydrogen) atoms. The molecule has 5 rings (SSSR count). The molecule has 1 aliphatic heterocycles. The van der Waals surface area contributed by atoms with Gasteiger partial charge >= 0.3 is 0 Å². The Morgan fingerprint density at radius 3 is 2.23 bits per heavy atom. The first-order chi connectivity index (χ1) is 12.8. The maximum Gasteiger partial charge on any atom is 0.247 e. The molecule has 1 aliphatic rings. The fourth-order valence-corrected chi connectivity index (χ4v) is 3.86. The van der Waals surface area contributed by atoms with E-state index in [-0.39, 0.29) is 11.9 Å². The Hall–Kier alpha value is -3.33. The Bertz CT molecular complexity index is 1150. The SMILES string of the molecule is O=C1Nc2ccccc2NC1Cc1cc2ccccc2c2ccccc12. The van der Waals surface area contributed by atoms with Gasteiger partial charge in [-0.3, -0.25) is 4.79 Å². The van der Waals surface area contributed by atoms with Gasteiger partial charge < -0.3 is 10.6 Å². The average molecular weight is 338 g/mol. The summed E-state index contributed by atoms with van der Waals surface area (Å²) in [6.07, 6.45) is 0.644. The number of para-hydroxylation sites is 2. The normalized spacial score (nSPS) is 16.2. The molecule has 1 amide bonds. The van der Waals surface area contributed by atoms with Crippen LogP contribution < -0.4 is 10.6 Å². The van der Waals surface area contributed by atoms with E-state index >= 15 is 0 Å². The first kappa shape index (κ1) is 15.0. The van der Waals surface area contributed by atoms with Gasteiger partial charge in [0.1, 0.15) is 6.04 Å². The number of rotatable bonds is 2. The lowest BCUT2D eigenvalue weighted by Gasteiger charge is -2.27. The molecule has 126 valence electrons. The summed E-state index contributed by atoms with van der Waals surface area (Å²) in [5, 5.41) is 11.3. The number of amides is 1. The van der Waals surface area contributed by atoms with Crippen molar-refractivity contribution in [2.24, 2.45) is 0 Å². The lowest BCUT2D eigenvalue weighted by Crippen LogP contribution is -2.40. The zero-order valence-corrected chi connectivity index (χ0v) is 14.2. The number of hydrogen-bond donors (Lipinski definition) is 2. The predicted octanol–water partition coefficient (Wildman–Crippen LogP) is 4.97. The minimum atomic E-state index is -0.283. The van der Waals surface area contributed by atoms with E-state index in [1.165, 1.54) is 27.1 Å². The van der Waals surface area contributed by atoms with Crippen molar-refractivity contribution in [3.05, 3.63) is 84.4 Å². The van der Waals surface area contributed by atoms with Crippen LogP contribution in [0.3, 0.4) is 0 Å². The highest BCUT2D eigenvalue weighted by Gasteiger charge is 2.26. The van der Waals surface area contributed by atoms with Crippen LogP contribution in [0.4, 0.5) is 11.4 Å². The molecular formula is C23H18N2O. The number of anilines is 2. The Kier molecular flexibility index (Phi) is 3.39. The molecule has 1 atom stereocenters. The molecule has 2 N–H and O–H groups in total. The number of fused-ring (bicyclic) bond motifs is 4. The average Bonchev–Trinajstić information content (AvgIpc) is 2.69. The second kappa shape index (κ2) is 5.88. The Balaban J connectivity index is 1.60. The van der Waals surface area contributed by atoms with Gasteiger partial charge in [-0.15, -0.1) is 0 Å². The van der Waals surface area contributed by atoms with Crippen LogP contribution >= 0.6 is 0 Å². The van der Waals surface area contributed by atoms with Crippen LogP contribution in [-0.4, -0.2) is 11.9 Å². The summed E-state index contributed by atoms with van der Waals surface area (Å²) in [6, 6.07) is 26.6. The first-order valence-electron chi connectivity index (χ1n) is 8.85. The molecule has 0 spiro atoms. The van der Waals surface area contributed by atoms with Crippen molar-refractivity contribution in [1.82, 2.24) is 0 Å². The molecule has 0 bridgehead atoms. The Morgan fingerprint density at radius 2 is 1.38 bits per heavy atom. The molecule has 3 heteroatoms. The van der Waals surface area contributed by atoms with E-state index in [9.17, 15) is 4.79 Å². The van der Waals surface area contributed by atoms with E-state index in [2.05, 4.69) is 65.2 Å². The maximum absolute atomic E-state index is 12.6. The monoisotopic (exact) mass is 338 g/mol. The van der Waals surface area contributed by atoms with Crippen molar-refractivity contribution >= 4 is 38.8 Å². The molecule has 0 radical (unpaired) electrons. The second-order valence-electron chi connectivity index (χ2n) is 6.74. The smallest absolute Gasteiger partial charge is 0.247 e. The molecule has 3 nitrogen and oxygen atoms in total. The van der Waals surface area contributed by atoms with Gasteiger partial charge in [0.2, 0.25) is 5.91 Å². The summed E-state index contributed by atoms with van der Waals surface area (Å²) >= 11 is 0. The minimum absolute atomic E-state index is 0.0148. The van der Waals surface area contributed by atoms with Gasteiger partial charge in [-0.25, -0.2) is 0 Å². The van der Waals surface area contributed by atoms with E-state index < -0.39 is 0 Å². The molecule has 4 aromatic carbocycles. The first-order valence-corrected chi connectivity index (χ1v) is 8.85. The number of carbonyl (C=O) groups is 1. The van der Waals surface area contributed by atoms with Gasteiger partial charge in [0, 0.05) is 6.42 Å². The lowest BCUT2D eigenvalue weighted by molar-refractivity contribution is -0.117. The summed E-state index contributed by atoms with van der Waals surface area (Å²) < 4.78 is 0. The van der Waals surface area contributed by atoms with Crippen LogP contribution in [0.1, 0.15) is 5.56 Å². The van der Waals surface area contributed by atoms with Gasteiger partial charge in [-0.1, -0.05) is 66.7 Å². The topological polar surface area (TPSA) is 41.1 Å². The standard InChI is InChI=1S/C23H18N2O/c26-23-22(24-20-11-5-6-12-21(20)25-23)14-16-13-15-7-1-2-8-17(15)19-10-4-3-9-18(16)19/h1-13,22,24H,14H2,(H,25,26). The minimum Gasteiger partial charge on any atom is -0.372 e. The molecule has 0 saturated carbocycles. The molecule has 1 unspecified atom stereocenters. The third kappa shape index (κ3) is 2.40. The zero-order valence-electron chi connectivity index (χ0n) is 14.2. The second-order valence-corrected chi connectivity index (χ2v) is 6.74. The molecule has 1 heterocycles. The highest BCUT2D eigenvalue weighted by atomic mass is 16.2. The fourth-order valence-electron chi connectivity index (χ4n) is 3.86. The van der Waals surface area contributed by atoms with E-state index in [1.54, 1.807) is 0 Å². The van der Waals surface area contributed by atoms with Crippen LogP contribution in [0, 0.1) is 0 Å². The lowest BCUT2D eigenvalue weighted by atomic mass is 9.93. The number of nitrogens with one attached hydrogen (secondary N) is 2. The zero-order chi connectivity index (χ0) is 17.5. The molecule has 4 aromatic rings. The van der Waals surface area contributed by atoms with Crippen LogP contribution in [0.5, 0.6) is 0 Å². The molecule has 0 saturated heterocycles. The molecule has 0 fully saturated rings. The van der Waals surface area contributed by atoms with Crippen LogP contribution in [-0.2, 0) is 11.2 Å². The molecule has 0 aromatic heterocycles. The third-order valence-electron chi connectivity index (χ3n) is 5.11. The summed E-state index contributed by atoms with van der Waals surface area (Å²) in [6.45, 7) is 0. The van der Waals surface area contributed by atoms with Crippen LogP contribution in [0.2, 0.25) is 0 Å². The van der Waals surface area contributed by atoms with Gasteiger partial charge in [0.05, 0.1) is 11.4 Å². The molecule has 0 aliphatic carbocycles. The number of hydrogen-bond acceptors (Lipinski definition) is 2. The Morgan fingerprint density at radius 1 is 0.731 bits per heavy atom. The van der Waals surface area contributed by atoms with Gasteiger partial charge in [-0.2, -0.15) is 0 Å². The number of carbonyl (C=O) groups excluding carboxylic acids is 1. The van der Waals surface area contributed by atoms with E-state index in [0.29, 0.717) is 6.42 Å². The highest BCUT2D eigenvalue weighted by molar-refractivity contribution is 6.09. The van der Waals surface area contributed by atoms with Crippen molar-refractivity contribution in [1.29, 1.82) is 0 Å². The highest BCUT2D eigenvalue weighted by Crippen LogP contribution is 2.31. The van der Waals surface area contributed by atoms with Crippen molar-refractivity contribution in [3.8, 4) is 0 Å². The van der Waals surface area contributed by atoms with Crippen molar-refractivity contribution in [2.45, 2.75) is 12.5 Å². The predicted molar refractivity (Wildman–Crippen MR) is 108 cm³/mol. The van der Waals surface area contributed by atoms with Gasteiger partial charge in [0.15, 0.2) is 0 Å². The van der Waals surface area contributed by atoms with Gasteiger partial charge in [0.25, 0.3) is 0 Å². The molecular weight excluding hydrogens is 320 g/mol. The summed E-state index contributed by atoms with van der Waals surface area (Å²) in [4.78, 5) is 12.6. The summed E-state index contributed by atoms with van der Waals surface area (Å²) in [5.74, 6) is 0.0148. The third-order valence-corrected chi connectivity index (χ3v) is 5.11. The summed E-state index contributed by atoms with van der Waals surface area (Å²) in [7, 11) is 0. The van der Waals surface area contributed by atoms with Crippen molar-refractivity contribution in [2.75, 3.05) is 10.6 Å². The van der Waals surface area contributed by atoms with E-state index in [1.807, 2.05) is 24.3 Å². The quantitative estimate of drug-likeness (QED) is 0.507. The van der Waals surface area contributed by atoms with Crippen molar-refractivity contribution < 1.29 is 4.79 Å². The van der Waals surface area contributed by atoms with E-state index in [4.69, 9.17) is 0 Å². The Labute approximate surface area is 151 Å². The van der Waals surface area contributed by atoms with E-state index in [0.717, 1.165) is 11.4 Å². The number of benzene rings is 4. The van der Waals surface area contributed by atoms with Crippen LogP contribution in [0.15, 0.2) is 78.9 Å².